The van der Waals surface area contributed by atoms with Gasteiger partial charge < -0.3 is 5.32 Å². The molecule has 0 spiro atoms. The zero-order valence-electron chi connectivity index (χ0n) is 15.3. The molecule has 0 atom stereocenters. The molecule has 0 unspecified atom stereocenters. The molecule has 1 amide bonds. The second-order valence-corrected chi connectivity index (χ2v) is 7.53. The number of likely N-dealkylation sites (tertiary alicyclic amines) is 1. The van der Waals surface area contributed by atoms with Crippen LogP contribution in [0.2, 0.25) is 5.02 Å². The van der Waals surface area contributed by atoms with E-state index in [1.807, 2.05) is 24.3 Å². The predicted molar refractivity (Wildman–Crippen MR) is 103 cm³/mol. The molecule has 150 valence electrons. The molecular weight excluding hydrogens is 389 g/mol. The van der Waals surface area contributed by atoms with E-state index in [4.69, 9.17) is 11.6 Å². The molecule has 0 aromatic heterocycles. The quantitative estimate of drug-likeness (QED) is 0.761. The Bertz CT molecular complexity index is 817. The highest BCUT2D eigenvalue weighted by Crippen LogP contribution is 2.29. The van der Waals surface area contributed by atoms with Crippen molar-refractivity contribution >= 4 is 17.5 Å². The monoisotopic (exact) mass is 410 g/mol. The summed E-state index contributed by atoms with van der Waals surface area (Å²) in [5, 5.41) is 3.49. The van der Waals surface area contributed by atoms with Crippen molar-refractivity contribution < 1.29 is 18.0 Å². The van der Waals surface area contributed by atoms with Crippen molar-refractivity contribution in [2.75, 3.05) is 13.1 Å². The molecule has 2 aromatic carbocycles. The predicted octanol–water partition coefficient (Wildman–Crippen LogP) is 4.89. The Morgan fingerprint density at radius 1 is 1.07 bits per heavy atom. The molecule has 28 heavy (non-hydrogen) atoms. The molecule has 1 N–H and O–H groups in total. The largest absolute Gasteiger partial charge is 0.416 e. The molecular formula is C21H22ClF3N2O. The summed E-state index contributed by atoms with van der Waals surface area (Å²) in [7, 11) is 0. The van der Waals surface area contributed by atoms with Gasteiger partial charge in [-0.15, -0.1) is 0 Å². The van der Waals surface area contributed by atoms with Gasteiger partial charge in [-0.05, 0) is 61.3 Å². The van der Waals surface area contributed by atoms with Crippen LogP contribution in [0.5, 0.6) is 0 Å². The van der Waals surface area contributed by atoms with Gasteiger partial charge in [0.1, 0.15) is 0 Å². The van der Waals surface area contributed by atoms with E-state index in [-0.39, 0.29) is 18.4 Å². The number of nitrogens with one attached hydrogen (secondary N) is 1. The number of hydrogen-bond acceptors (Lipinski definition) is 2. The Balaban J connectivity index is 1.46. The van der Waals surface area contributed by atoms with Gasteiger partial charge >= 0.3 is 6.18 Å². The third-order valence-electron chi connectivity index (χ3n) is 4.97. The normalized spacial score (nSPS) is 16.1. The molecule has 1 fully saturated rings. The number of nitrogens with zero attached hydrogens (tertiary/aromatic N) is 1. The molecule has 1 heterocycles. The Hall–Kier alpha value is -2.05. The van der Waals surface area contributed by atoms with E-state index in [9.17, 15) is 18.0 Å². The number of benzene rings is 2. The van der Waals surface area contributed by atoms with Crippen LogP contribution >= 0.6 is 11.6 Å². The fourth-order valence-electron chi connectivity index (χ4n) is 3.44. The van der Waals surface area contributed by atoms with E-state index < -0.39 is 11.7 Å². The van der Waals surface area contributed by atoms with Gasteiger partial charge in [0.2, 0.25) is 5.91 Å². The minimum atomic E-state index is -4.38. The minimum absolute atomic E-state index is 0.0974. The van der Waals surface area contributed by atoms with Crippen LogP contribution in [0, 0.1) is 5.92 Å². The van der Waals surface area contributed by atoms with E-state index in [1.165, 1.54) is 6.07 Å². The Morgan fingerprint density at radius 2 is 1.75 bits per heavy atom. The average Bonchev–Trinajstić information content (AvgIpc) is 2.66. The van der Waals surface area contributed by atoms with Crippen LogP contribution in [0.15, 0.2) is 48.5 Å². The molecule has 0 aliphatic carbocycles. The van der Waals surface area contributed by atoms with Crippen LogP contribution in [-0.2, 0) is 24.1 Å². The van der Waals surface area contributed by atoms with Crippen molar-refractivity contribution in [1.82, 2.24) is 10.2 Å². The molecule has 2 aromatic rings. The topological polar surface area (TPSA) is 32.3 Å². The maximum Gasteiger partial charge on any atom is 0.416 e. The summed E-state index contributed by atoms with van der Waals surface area (Å²) in [6, 6.07) is 12.8. The lowest BCUT2D eigenvalue weighted by molar-refractivity contribution is -0.137. The van der Waals surface area contributed by atoms with Crippen molar-refractivity contribution in [1.29, 1.82) is 0 Å². The van der Waals surface area contributed by atoms with Crippen molar-refractivity contribution in [3.05, 3.63) is 70.2 Å². The first-order valence-corrected chi connectivity index (χ1v) is 9.60. The number of carbonyl (C=O) groups excluding carboxylic acids is 1. The van der Waals surface area contributed by atoms with Crippen LogP contribution in [0.3, 0.4) is 0 Å². The number of carbonyl (C=O) groups is 1. The summed E-state index contributed by atoms with van der Waals surface area (Å²) in [6.45, 7) is 2.49. The maximum atomic E-state index is 12.8. The summed E-state index contributed by atoms with van der Waals surface area (Å²) < 4.78 is 38.3. The standard InChI is InChI=1S/C21H22ClF3N2O/c22-19-6-2-4-16(12-19)14-27-9-7-17(8-10-27)20(28)26-13-15-3-1-5-18(11-15)21(23,24)25/h1-6,11-12,17H,7-10,13-14H2,(H,26,28). The number of rotatable bonds is 5. The van der Waals surface area contributed by atoms with Gasteiger partial charge in [-0.1, -0.05) is 35.9 Å². The van der Waals surface area contributed by atoms with Crippen LogP contribution in [0.4, 0.5) is 13.2 Å². The highest BCUT2D eigenvalue weighted by atomic mass is 35.5. The summed E-state index contributed by atoms with van der Waals surface area (Å²) in [6.07, 6.45) is -2.92. The highest BCUT2D eigenvalue weighted by molar-refractivity contribution is 6.30. The summed E-state index contributed by atoms with van der Waals surface area (Å²) >= 11 is 6.01. The van der Waals surface area contributed by atoms with E-state index in [0.717, 1.165) is 50.2 Å². The van der Waals surface area contributed by atoms with Crippen LogP contribution in [0.1, 0.15) is 29.5 Å². The number of amides is 1. The molecule has 3 rings (SSSR count). The molecule has 0 saturated carbocycles. The number of hydrogen-bond donors (Lipinski definition) is 1. The zero-order chi connectivity index (χ0) is 20.1. The van der Waals surface area contributed by atoms with Gasteiger partial charge in [0.25, 0.3) is 0 Å². The summed E-state index contributed by atoms with van der Waals surface area (Å²) in [4.78, 5) is 14.7. The minimum Gasteiger partial charge on any atom is -0.352 e. The number of alkyl halides is 3. The molecule has 7 heteroatoms. The molecule has 0 bridgehead atoms. The first kappa shape index (κ1) is 20.7. The lowest BCUT2D eigenvalue weighted by atomic mass is 9.95. The smallest absolute Gasteiger partial charge is 0.352 e. The molecule has 1 saturated heterocycles. The fourth-order valence-corrected chi connectivity index (χ4v) is 3.65. The number of halogens is 4. The van der Waals surface area contributed by atoms with Crippen LogP contribution < -0.4 is 5.32 Å². The van der Waals surface area contributed by atoms with Gasteiger partial charge in [-0.25, -0.2) is 0 Å². The second-order valence-electron chi connectivity index (χ2n) is 7.10. The molecule has 0 radical (unpaired) electrons. The first-order chi connectivity index (χ1) is 13.3. The first-order valence-electron chi connectivity index (χ1n) is 9.22. The lowest BCUT2D eigenvalue weighted by Gasteiger charge is -2.31. The second kappa shape index (κ2) is 8.97. The molecule has 1 aliphatic rings. The molecule has 1 aliphatic heterocycles. The van der Waals surface area contributed by atoms with Gasteiger partial charge in [0, 0.05) is 24.0 Å². The Labute approximate surface area is 167 Å². The summed E-state index contributed by atoms with van der Waals surface area (Å²) in [5.41, 5.74) is 0.884. The van der Waals surface area contributed by atoms with E-state index >= 15 is 0 Å². The van der Waals surface area contributed by atoms with Crippen LogP contribution in [-0.4, -0.2) is 23.9 Å². The summed E-state index contributed by atoms with van der Waals surface area (Å²) in [5.74, 6) is -0.207. The number of piperidine rings is 1. The fraction of sp³-hybridized carbons (Fsp3) is 0.381. The average molecular weight is 411 g/mol. The highest BCUT2D eigenvalue weighted by Gasteiger charge is 2.30. The lowest BCUT2D eigenvalue weighted by Crippen LogP contribution is -2.40. The van der Waals surface area contributed by atoms with Crippen LogP contribution in [0.25, 0.3) is 0 Å². The van der Waals surface area contributed by atoms with E-state index in [2.05, 4.69) is 10.2 Å². The van der Waals surface area contributed by atoms with Crippen molar-refractivity contribution in [2.24, 2.45) is 5.92 Å². The Morgan fingerprint density at radius 3 is 2.43 bits per heavy atom. The SMILES string of the molecule is O=C(NCc1cccc(C(F)(F)F)c1)C1CCN(Cc2cccc(Cl)c2)CC1. The van der Waals surface area contributed by atoms with E-state index in [0.29, 0.717) is 10.6 Å². The maximum absolute atomic E-state index is 12.8. The van der Waals surface area contributed by atoms with Gasteiger partial charge in [0.15, 0.2) is 0 Å². The third-order valence-corrected chi connectivity index (χ3v) is 5.21. The Kier molecular flexibility index (Phi) is 6.62. The van der Waals surface area contributed by atoms with Gasteiger partial charge in [0.05, 0.1) is 5.56 Å². The zero-order valence-corrected chi connectivity index (χ0v) is 16.1. The third kappa shape index (κ3) is 5.72. The van der Waals surface area contributed by atoms with E-state index in [1.54, 1.807) is 6.07 Å². The van der Waals surface area contributed by atoms with Crippen molar-refractivity contribution in [3.8, 4) is 0 Å². The van der Waals surface area contributed by atoms with Gasteiger partial charge in [-0.3, -0.25) is 9.69 Å². The van der Waals surface area contributed by atoms with Gasteiger partial charge in [-0.2, -0.15) is 13.2 Å². The van der Waals surface area contributed by atoms with Crippen molar-refractivity contribution in [2.45, 2.75) is 32.1 Å². The van der Waals surface area contributed by atoms with Crippen molar-refractivity contribution in [3.63, 3.8) is 0 Å². The molecule has 3 nitrogen and oxygen atoms in total.